The second-order valence-electron chi connectivity index (χ2n) is 6.71. The lowest BCUT2D eigenvalue weighted by atomic mass is 10.2. The van der Waals surface area contributed by atoms with Gasteiger partial charge >= 0.3 is 11.9 Å². The Bertz CT molecular complexity index is 455. The Morgan fingerprint density at radius 2 is 0.967 bits per heavy atom. The van der Waals surface area contributed by atoms with Crippen LogP contribution in [0, 0.1) is 0 Å². The SMILES string of the molecule is O=C(CCC(=O)OCCCCO)NCCCCNC(=O)CCC(=O)OCCCCO. The van der Waals surface area contributed by atoms with E-state index in [4.69, 9.17) is 19.7 Å². The molecule has 0 rings (SSSR count). The van der Waals surface area contributed by atoms with Gasteiger partial charge in [-0.2, -0.15) is 0 Å². The molecule has 0 aromatic rings. The van der Waals surface area contributed by atoms with Crippen molar-refractivity contribution >= 4 is 23.8 Å². The fourth-order valence-corrected chi connectivity index (χ4v) is 2.26. The summed E-state index contributed by atoms with van der Waals surface area (Å²) in [5.41, 5.74) is 0. The maximum Gasteiger partial charge on any atom is 0.306 e. The minimum Gasteiger partial charge on any atom is -0.466 e. The molecule has 2 amide bonds. The molecule has 0 unspecified atom stereocenters. The Hall–Kier alpha value is -2.20. The zero-order chi connectivity index (χ0) is 22.5. The van der Waals surface area contributed by atoms with Crippen molar-refractivity contribution in [2.45, 2.75) is 64.2 Å². The Morgan fingerprint density at radius 1 is 0.567 bits per heavy atom. The summed E-state index contributed by atoms with van der Waals surface area (Å²) in [4.78, 5) is 46.1. The fourth-order valence-electron chi connectivity index (χ4n) is 2.26. The largest absolute Gasteiger partial charge is 0.466 e. The zero-order valence-electron chi connectivity index (χ0n) is 17.7. The number of carbonyl (C=O) groups excluding carboxylic acids is 4. The van der Waals surface area contributed by atoms with Crippen LogP contribution in [-0.2, 0) is 28.7 Å². The number of aliphatic hydroxyl groups excluding tert-OH is 2. The summed E-state index contributed by atoms with van der Waals surface area (Å²) < 4.78 is 9.86. The van der Waals surface area contributed by atoms with Crippen LogP contribution < -0.4 is 10.6 Å². The number of ether oxygens (including phenoxy) is 2. The first-order valence-corrected chi connectivity index (χ1v) is 10.6. The van der Waals surface area contributed by atoms with Crippen molar-refractivity contribution in [1.82, 2.24) is 10.6 Å². The van der Waals surface area contributed by atoms with E-state index in [0.29, 0.717) is 51.6 Å². The number of unbranched alkanes of at least 4 members (excludes halogenated alkanes) is 3. The maximum absolute atomic E-state index is 11.6. The summed E-state index contributed by atoms with van der Waals surface area (Å²) in [7, 11) is 0. The molecule has 0 aliphatic heterocycles. The molecular weight excluding hydrogens is 396 g/mol. The average molecular weight is 433 g/mol. The van der Waals surface area contributed by atoms with Gasteiger partial charge in [0.05, 0.1) is 26.1 Å². The number of rotatable bonds is 19. The summed E-state index contributed by atoms with van der Waals surface area (Å²) in [5.74, 6) is -1.33. The molecule has 0 aromatic heterocycles. The highest BCUT2D eigenvalue weighted by atomic mass is 16.5. The van der Waals surface area contributed by atoms with Crippen LogP contribution in [-0.4, -0.2) is 73.5 Å². The van der Waals surface area contributed by atoms with Crippen LogP contribution in [0.15, 0.2) is 0 Å². The van der Waals surface area contributed by atoms with Crippen molar-refractivity contribution in [3.63, 3.8) is 0 Å². The van der Waals surface area contributed by atoms with Gasteiger partial charge in [-0.3, -0.25) is 19.2 Å². The number of esters is 2. The quantitative estimate of drug-likeness (QED) is 0.167. The van der Waals surface area contributed by atoms with Gasteiger partial charge in [-0.25, -0.2) is 0 Å². The summed E-state index contributed by atoms with van der Waals surface area (Å²) in [6.07, 6.45) is 3.85. The molecule has 0 spiro atoms. The number of hydrogen-bond acceptors (Lipinski definition) is 8. The topological polar surface area (TPSA) is 151 Å². The lowest BCUT2D eigenvalue weighted by molar-refractivity contribution is -0.145. The summed E-state index contributed by atoms with van der Waals surface area (Å²) in [5, 5.41) is 22.6. The standard InChI is InChI=1S/C20H36N2O8/c23-13-3-5-15-29-19(27)9-7-17(25)21-11-1-2-12-22-18(26)8-10-20(28)30-16-6-4-14-24/h23-24H,1-16H2,(H,21,25)(H,22,26). The van der Waals surface area contributed by atoms with Crippen molar-refractivity contribution in [3.05, 3.63) is 0 Å². The highest BCUT2D eigenvalue weighted by Gasteiger charge is 2.09. The molecule has 0 saturated carbocycles. The van der Waals surface area contributed by atoms with Gasteiger partial charge in [0.25, 0.3) is 0 Å². The Balaban J connectivity index is 3.52. The van der Waals surface area contributed by atoms with Crippen LogP contribution in [0.3, 0.4) is 0 Å². The molecule has 10 nitrogen and oxygen atoms in total. The van der Waals surface area contributed by atoms with E-state index in [1.165, 1.54) is 0 Å². The van der Waals surface area contributed by atoms with Gasteiger partial charge in [0.2, 0.25) is 11.8 Å². The van der Waals surface area contributed by atoms with Crippen LogP contribution in [0.2, 0.25) is 0 Å². The van der Waals surface area contributed by atoms with Crippen molar-refractivity contribution in [1.29, 1.82) is 0 Å². The van der Waals surface area contributed by atoms with E-state index >= 15 is 0 Å². The molecule has 10 heteroatoms. The first-order chi connectivity index (χ1) is 14.5. The monoisotopic (exact) mass is 432 g/mol. The molecule has 0 saturated heterocycles. The maximum atomic E-state index is 11.6. The van der Waals surface area contributed by atoms with Crippen LogP contribution in [0.25, 0.3) is 0 Å². The Kier molecular flexibility index (Phi) is 18.6. The van der Waals surface area contributed by atoms with E-state index < -0.39 is 11.9 Å². The van der Waals surface area contributed by atoms with Gasteiger partial charge in [-0.1, -0.05) is 0 Å². The van der Waals surface area contributed by atoms with Crippen LogP contribution >= 0.6 is 0 Å². The molecule has 4 N–H and O–H groups in total. The fraction of sp³-hybridized carbons (Fsp3) is 0.800. The molecule has 0 fully saturated rings. The molecular formula is C20H36N2O8. The van der Waals surface area contributed by atoms with Crippen LogP contribution in [0.5, 0.6) is 0 Å². The molecule has 0 aliphatic rings. The number of hydrogen-bond donors (Lipinski definition) is 4. The smallest absolute Gasteiger partial charge is 0.306 e. The second-order valence-corrected chi connectivity index (χ2v) is 6.71. The van der Waals surface area contributed by atoms with Gasteiger partial charge in [0.1, 0.15) is 0 Å². The summed E-state index contributed by atoms with van der Waals surface area (Å²) in [6, 6.07) is 0. The van der Waals surface area contributed by atoms with Crippen molar-refractivity contribution < 1.29 is 38.9 Å². The zero-order valence-corrected chi connectivity index (χ0v) is 17.7. The Morgan fingerprint density at radius 3 is 1.33 bits per heavy atom. The Labute approximate surface area is 177 Å². The molecule has 0 radical (unpaired) electrons. The predicted molar refractivity (Wildman–Crippen MR) is 108 cm³/mol. The minimum absolute atomic E-state index is 0.0187. The van der Waals surface area contributed by atoms with Gasteiger partial charge < -0.3 is 30.3 Å². The van der Waals surface area contributed by atoms with Crippen molar-refractivity contribution in [2.24, 2.45) is 0 Å². The van der Waals surface area contributed by atoms with Crippen molar-refractivity contribution in [3.8, 4) is 0 Å². The summed E-state index contributed by atoms with van der Waals surface area (Å²) in [6.45, 7) is 1.51. The third-order valence-corrected chi connectivity index (χ3v) is 3.99. The van der Waals surface area contributed by atoms with E-state index in [0.717, 1.165) is 0 Å². The first kappa shape index (κ1) is 27.8. The average Bonchev–Trinajstić information content (AvgIpc) is 2.73. The van der Waals surface area contributed by atoms with E-state index in [1.807, 2.05) is 0 Å². The van der Waals surface area contributed by atoms with Crippen LogP contribution in [0.4, 0.5) is 0 Å². The molecule has 0 aliphatic carbocycles. The molecule has 0 aromatic carbocycles. The van der Waals surface area contributed by atoms with Gasteiger partial charge in [0, 0.05) is 39.1 Å². The minimum atomic E-state index is -0.431. The number of carbonyl (C=O) groups is 4. The highest BCUT2D eigenvalue weighted by Crippen LogP contribution is 1.98. The molecule has 0 atom stereocenters. The number of amides is 2. The summed E-state index contributed by atoms with van der Waals surface area (Å²) >= 11 is 0. The van der Waals surface area contributed by atoms with E-state index in [2.05, 4.69) is 10.6 Å². The lowest BCUT2D eigenvalue weighted by Crippen LogP contribution is -2.28. The molecule has 30 heavy (non-hydrogen) atoms. The molecule has 174 valence electrons. The third kappa shape index (κ3) is 19.1. The van der Waals surface area contributed by atoms with Crippen molar-refractivity contribution in [2.75, 3.05) is 39.5 Å². The van der Waals surface area contributed by atoms with Gasteiger partial charge in [0.15, 0.2) is 0 Å². The number of aliphatic hydroxyl groups is 2. The third-order valence-electron chi connectivity index (χ3n) is 3.99. The van der Waals surface area contributed by atoms with E-state index in [9.17, 15) is 19.2 Å². The van der Waals surface area contributed by atoms with E-state index in [1.54, 1.807) is 0 Å². The lowest BCUT2D eigenvalue weighted by Gasteiger charge is -2.07. The molecule has 0 bridgehead atoms. The number of nitrogens with one attached hydrogen (secondary N) is 2. The second kappa shape index (κ2) is 20.1. The predicted octanol–water partition coefficient (Wildman–Crippen LogP) is 0.191. The highest BCUT2D eigenvalue weighted by molar-refractivity contribution is 5.81. The normalized spacial score (nSPS) is 10.3. The van der Waals surface area contributed by atoms with Crippen LogP contribution in [0.1, 0.15) is 64.2 Å². The molecule has 0 heterocycles. The van der Waals surface area contributed by atoms with Gasteiger partial charge in [-0.15, -0.1) is 0 Å². The first-order valence-electron chi connectivity index (χ1n) is 10.6. The van der Waals surface area contributed by atoms with Gasteiger partial charge in [-0.05, 0) is 38.5 Å². The van der Waals surface area contributed by atoms with E-state index in [-0.39, 0.29) is 63.9 Å².